The number of hydrogen-bond donors (Lipinski definition) is 1. The van der Waals surface area contributed by atoms with Crippen molar-refractivity contribution in [3.63, 3.8) is 0 Å². The molecule has 0 aliphatic carbocycles. The van der Waals surface area contributed by atoms with Crippen LogP contribution in [0.4, 0.5) is 10.2 Å². The Labute approximate surface area is 88.9 Å². The molecule has 0 spiro atoms. The Morgan fingerprint density at radius 2 is 2.36 bits per heavy atom. The van der Waals surface area contributed by atoms with E-state index in [1.165, 1.54) is 16.0 Å². The highest BCUT2D eigenvalue weighted by Gasteiger charge is 2.18. The van der Waals surface area contributed by atoms with Gasteiger partial charge in [0.2, 0.25) is 0 Å². The van der Waals surface area contributed by atoms with Crippen LogP contribution in [0.1, 0.15) is 0 Å². The Hall–Kier alpha value is -1.07. The molecule has 3 nitrogen and oxygen atoms in total. The topological polar surface area (TPSA) is 43.8 Å². The molecule has 6 heteroatoms. The van der Waals surface area contributed by atoms with Gasteiger partial charge in [-0.05, 0) is 11.4 Å². The molecule has 0 aromatic carbocycles. The first-order valence-electron chi connectivity index (χ1n) is 3.82. The summed E-state index contributed by atoms with van der Waals surface area (Å²) in [7, 11) is 1.59. The minimum atomic E-state index is -0.517. The van der Waals surface area contributed by atoms with Gasteiger partial charge in [0.1, 0.15) is 5.69 Å². The number of thiophene rings is 1. The average Bonchev–Trinajstić information content (AvgIpc) is 2.66. The number of aryl methyl sites for hydroxylation is 1. The molecule has 14 heavy (non-hydrogen) atoms. The van der Waals surface area contributed by atoms with Gasteiger partial charge in [0.15, 0.2) is 11.6 Å². The second kappa shape index (κ2) is 3.25. The lowest BCUT2D eigenvalue weighted by Crippen LogP contribution is -1.97. The standard InChI is InChI=1S/C8H7ClFN3S/c1-13-8(11)5(10)6(12-13)7-4(9)2-3-14-7/h2-3H,11H2,1H3. The van der Waals surface area contributed by atoms with E-state index in [4.69, 9.17) is 17.3 Å². The van der Waals surface area contributed by atoms with E-state index < -0.39 is 5.82 Å². The van der Waals surface area contributed by atoms with Crippen molar-refractivity contribution in [1.29, 1.82) is 0 Å². The maximum Gasteiger partial charge on any atom is 0.193 e. The van der Waals surface area contributed by atoms with Crippen LogP contribution in [0.5, 0.6) is 0 Å². The SMILES string of the molecule is Cn1nc(-c2sccc2Cl)c(F)c1N. The zero-order valence-electron chi connectivity index (χ0n) is 7.29. The zero-order chi connectivity index (χ0) is 10.3. The second-order valence-electron chi connectivity index (χ2n) is 2.77. The number of aromatic nitrogens is 2. The van der Waals surface area contributed by atoms with Gasteiger partial charge in [-0.1, -0.05) is 11.6 Å². The Morgan fingerprint density at radius 1 is 1.64 bits per heavy atom. The Morgan fingerprint density at radius 3 is 2.79 bits per heavy atom. The van der Waals surface area contributed by atoms with Gasteiger partial charge in [-0.15, -0.1) is 11.3 Å². The summed E-state index contributed by atoms with van der Waals surface area (Å²) >= 11 is 7.20. The molecule has 0 fully saturated rings. The molecule has 0 aliphatic rings. The Balaban J connectivity index is 2.63. The number of anilines is 1. The van der Waals surface area contributed by atoms with Gasteiger partial charge in [0, 0.05) is 7.05 Å². The highest BCUT2D eigenvalue weighted by atomic mass is 35.5. The number of rotatable bonds is 1. The fourth-order valence-electron chi connectivity index (χ4n) is 1.12. The molecule has 0 amide bonds. The van der Waals surface area contributed by atoms with E-state index in [-0.39, 0.29) is 11.5 Å². The van der Waals surface area contributed by atoms with Gasteiger partial charge in [-0.2, -0.15) is 5.10 Å². The van der Waals surface area contributed by atoms with E-state index in [9.17, 15) is 4.39 Å². The molecule has 2 N–H and O–H groups in total. The number of nitrogens with two attached hydrogens (primary N) is 1. The number of nitrogens with zero attached hydrogens (tertiary/aromatic N) is 2. The second-order valence-corrected chi connectivity index (χ2v) is 4.09. The van der Waals surface area contributed by atoms with E-state index in [0.29, 0.717) is 9.90 Å². The smallest absolute Gasteiger partial charge is 0.193 e. The molecule has 74 valence electrons. The maximum atomic E-state index is 13.5. The van der Waals surface area contributed by atoms with Gasteiger partial charge in [0.25, 0.3) is 0 Å². The van der Waals surface area contributed by atoms with Crippen LogP contribution in [-0.2, 0) is 7.05 Å². The monoisotopic (exact) mass is 231 g/mol. The largest absolute Gasteiger partial charge is 0.381 e. The summed E-state index contributed by atoms with van der Waals surface area (Å²) in [4.78, 5) is 0.608. The summed E-state index contributed by atoms with van der Waals surface area (Å²) in [6, 6.07) is 1.70. The van der Waals surface area contributed by atoms with Crippen LogP contribution in [0.25, 0.3) is 10.6 Å². The normalized spacial score (nSPS) is 10.8. The van der Waals surface area contributed by atoms with E-state index in [1.807, 2.05) is 0 Å². The third-order valence-electron chi connectivity index (χ3n) is 1.86. The first kappa shape index (κ1) is 9.48. The highest BCUT2D eigenvalue weighted by Crippen LogP contribution is 2.35. The van der Waals surface area contributed by atoms with Crippen LogP contribution in [0.3, 0.4) is 0 Å². The van der Waals surface area contributed by atoms with Crippen molar-refractivity contribution in [2.45, 2.75) is 0 Å². The molecule has 2 heterocycles. The molecule has 2 rings (SSSR count). The predicted molar refractivity (Wildman–Crippen MR) is 55.9 cm³/mol. The van der Waals surface area contributed by atoms with Crippen LogP contribution in [-0.4, -0.2) is 9.78 Å². The number of hydrogen-bond acceptors (Lipinski definition) is 3. The van der Waals surface area contributed by atoms with Crippen molar-refractivity contribution < 1.29 is 4.39 Å². The van der Waals surface area contributed by atoms with Crippen molar-refractivity contribution in [3.8, 4) is 10.6 Å². The maximum absolute atomic E-state index is 13.5. The van der Waals surface area contributed by atoms with Crippen LogP contribution in [0, 0.1) is 5.82 Å². The highest BCUT2D eigenvalue weighted by molar-refractivity contribution is 7.14. The van der Waals surface area contributed by atoms with Crippen molar-refractivity contribution in [2.75, 3.05) is 5.73 Å². The lowest BCUT2D eigenvalue weighted by atomic mass is 10.3. The third-order valence-corrected chi connectivity index (χ3v) is 3.21. The molecular formula is C8H7ClFN3S. The first-order valence-corrected chi connectivity index (χ1v) is 5.08. The Kier molecular flexibility index (Phi) is 2.20. The van der Waals surface area contributed by atoms with Crippen molar-refractivity contribution in [2.24, 2.45) is 7.05 Å². The van der Waals surface area contributed by atoms with Gasteiger partial charge in [-0.3, -0.25) is 0 Å². The molecule has 0 bridgehead atoms. The molecule has 2 aromatic heterocycles. The van der Waals surface area contributed by atoms with Gasteiger partial charge in [0.05, 0.1) is 9.90 Å². The summed E-state index contributed by atoms with van der Waals surface area (Å²) in [5.74, 6) is -0.499. The lowest BCUT2D eigenvalue weighted by Gasteiger charge is -1.91. The summed E-state index contributed by atoms with van der Waals surface area (Å²) in [5.41, 5.74) is 5.66. The average molecular weight is 232 g/mol. The Bertz CT molecular complexity index is 477. The van der Waals surface area contributed by atoms with Crippen LogP contribution in [0.15, 0.2) is 11.4 Å². The predicted octanol–water partition coefficient (Wildman–Crippen LogP) is 2.52. The molecule has 2 aromatic rings. The molecule has 0 unspecified atom stereocenters. The summed E-state index contributed by atoms with van der Waals surface area (Å²) in [6.45, 7) is 0. The van der Waals surface area contributed by atoms with Gasteiger partial charge < -0.3 is 5.73 Å². The molecule has 0 radical (unpaired) electrons. The summed E-state index contributed by atoms with van der Waals surface area (Å²) in [6.07, 6.45) is 0. The van der Waals surface area contributed by atoms with E-state index >= 15 is 0 Å². The fraction of sp³-hybridized carbons (Fsp3) is 0.125. The zero-order valence-corrected chi connectivity index (χ0v) is 8.86. The van der Waals surface area contributed by atoms with Crippen molar-refractivity contribution >= 4 is 28.8 Å². The number of halogens is 2. The molecule has 0 saturated heterocycles. The van der Waals surface area contributed by atoms with E-state index in [2.05, 4.69) is 5.10 Å². The van der Waals surface area contributed by atoms with Gasteiger partial charge in [-0.25, -0.2) is 9.07 Å². The van der Waals surface area contributed by atoms with Gasteiger partial charge >= 0.3 is 0 Å². The van der Waals surface area contributed by atoms with E-state index in [0.717, 1.165) is 0 Å². The van der Waals surface area contributed by atoms with Crippen molar-refractivity contribution in [3.05, 3.63) is 22.3 Å². The minimum Gasteiger partial charge on any atom is -0.381 e. The van der Waals surface area contributed by atoms with Crippen LogP contribution < -0.4 is 5.73 Å². The summed E-state index contributed by atoms with van der Waals surface area (Å²) < 4.78 is 14.8. The lowest BCUT2D eigenvalue weighted by molar-refractivity contribution is 0.634. The third kappa shape index (κ3) is 1.29. The fourth-order valence-corrected chi connectivity index (χ4v) is 2.24. The molecule has 0 atom stereocenters. The van der Waals surface area contributed by atoms with Crippen LogP contribution >= 0.6 is 22.9 Å². The number of nitrogen functional groups attached to an aromatic ring is 1. The van der Waals surface area contributed by atoms with Crippen molar-refractivity contribution in [1.82, 2.24) is 9.78 Å². The first-order chi connectivity index (χ1) is 6.61. The molecular weight excluding hydrogens is 225 g/mol. The quantitative estimate of drug-likeness (QED) is 0.820. The summed E-state index contributed by atoms with van der Waals surface area (Å²) in [5, 5.41) is 6.23. The minimum absolute atomic E-state index is 0.0180. The van der Waals surface area contributed by atoms with Crippen LogP contribution in [0.2, 0.25) is 5.02 Å². The van der Waals surface area contributed by atoms with E-state index in [1.54, 1.807) is 18.5 Å². The molecule has 0 saturated carbocycles. The molecule has 0 aliphatic heterocycles.